The minimum Gasteiger partial charge on any atom is -1.00 e. The van der Waals surface area contributed by atoms with Crippen molar-refractivity contribution < 1.29 is 28.5 Å². The van der Waals surface area contributed by atoms with E-state index in [0.717, 1.165) is 6.54 Å². The van der Waals surface area contributed by atoms with E-state index in [9.17, 15) is 0 Å². The monoisotopic (exact) mass is 263 g/mol. The highest BCUT2D eigenvalue weighted by Crippen LogP contribution is 1.95. The molecule has 0 N–H and O–H groups in total. The lowest BCUT2D eigenvalue weighted by atomic mass is 10.2. The van der Waals surface area contributed by atoms with Gasteiger partial charge in [-0.25, -0.2) is 4.57 Å². The van der Waals surface area contributed by atoms with E-state index in [1.54, 1.807) is 0 Å². The average molecular weight is 263 g/mol. The van der Waals surface area contributed by atoms with Gasteiger partial charge in [0.1, 0.15) is 6.54 Å². The fourth-order valence-corrected chi connectivity index (χ4v) is 1.14. The summed E-state index contributed by atoms with van der Waals surface area (Å²) in [4.78, 5) is 0. The second-order valence-corrected chi connectivity index (χ2v) is 2.63. The van der Waals surface area contributed by atoms with Crippen molar-refractivity contribution in [2.45, 2.75) is 27.3 Å². The molecular formula is C9H14IN. The summed E-state index contributed by atoms with van der Waals surface area (Å²) in [5.74, 6) is 0. The van der Waals surface area contributed by atoms with Crippen molar-refractivity contribution in [1.29, 1.82) is 0 Å². The highest BCUT2D eigenvalue weighted by atomic mass is 127. The van der Waals surface area contributed by atoms with Gasteiger partial charge in [0.2, 0.25) is 0 Å². The number of nitrogens with zero attached hydrogens (tertiary/aromatic N) is 1. The molecule has 0 atom stereocenters. The maximum atomic E-state index is 2.23. The SMILES string of the molecule is CC[n+]1ccc(C)cc1C.[I-]. The van der Waals surface area contributed by atoms with Crippen LogP contribution >= 0.6 is 0 Å². The molecule has 0 aromatic carbocycles. The zero-order valence-corrected chi connectivity index (χ0v) is 9.42. The first-order chi connectivity index (χ1) is 4.74. The molecule has 0 unspecified atom stereocenters. The summed E-state index contributed by atoms with van der Waals surface area (Å²) in [6.07, 6.45) is 2.13. The molecule has 0 aliphatic heterocycles. The predicted molar refractivity (Wildman–Crippen MR) is 41.8 cm³/mol. The molecule has 1 nitrogen and oxygen atoms in total. The zero-order valence-electron chi connectivity index (χ0n) is 7.26. The molecule has 0 spiro atoms. The molecule has 1 rings (SSSR count). The lowest BCUT2D eigenvalue weighted by Gasteiger charge is -1.96. The average Bonchev–Trinajstić information content (AvgIpc) is 1.88. The molecule has 0 amide bonds. The number of halogens is 1. The topological polar surface area (TPSA) is 3.88 Å². The van der Waals surface area contributed by atoms with Crippen LogP contribution in [0.4, 0.5) is 0 Å². The molecule has 0 aliphatic carbocycles. The third-order valence-corrected chi connectivity index (χ3v) is 1.75. The van der Waals surface area contributed by atoms with Gasteiger partial charge >= 0.3 is 0 Å². The minimum absolute atomic E-state index is 0. The number of pyridine rings is 1. The largest absolute Gasteiger partial charge is 1.00 e. The van der Waals surface area contributed by atoms with Crippen molar-refractivity contribution >= 4 is 0 Å². The molecule has 0 saturated heterocycles. The van der Waals surface area contributed by atoms with Gasteiger partial charge in [0.25, 0.3) is 0 Å². The number of aryl methyl sites for hydroxylation is 3. The highest BCUT2D eigenvalue weighted by Gasteiger charge is 2.00. The first-order valence-corrected chi connectivity index (χ1v) is 3.70. The Morgan fingerprint density at radius 1 is 1.36 bits per heavy atom. The van der Waals surface area contributed by atoms with Gasteiger partial charge in [-0.05, 0) is 19.4 Å². The maximum Gasteiger partial charge on any atom is 0.178 e. The van der Waals surface area contributed by atoms with Gasteiger partial charge < -0.3 is 24.0 Å². The molecule has 1 aromatic rings. The quantitative estimate of drug-likeness (QED) is 0.434. The molecule has 1 heterocycles. The van der Waals surface area contributed by atoms with E-state index in [4.69, 9.17) is 0 Å². The van der Waals surface area contributed by atoms with Gasteiger partial charge in [0.15, 0.2) is 11.9 Å². The second-order valence-electron chi connectivity index (χ2n) is 2.63. The Morgan fingerprint density at radius 2 is 2.00 bits per heavy atom. The number of rotatable bonds is 1. The maximum absolute atomic E-state index is 2.23. The smallest absolute Gasteiger partial charge is 0.178 e. The van der Waals surface area contributed by atoms with Gasteiger partial charge in [0, 0.05) is 19.1 Å². The van der Waals surface area contributed by atoms with Crippen molar-refractivity contribution in [2.24, 2.45) is 0 Å². The van der Waals surface area contributed by atoms with Crippen LogP contribution in [0.5, 0.6) is 0 Å². The Kier molecular flexibility index (Phi) is 4.65. The highest BCUT2D eigenvalue weighted by molar-refractivity contribution is 5.08. The second kappa shape index (κ2) is 4.70. The van der Waals surface area contributed by atoms with E-state index >= 15 is 0 Å². The van der Waals surface area contributed by atoms with Gasteiger partial charge in [-0.3, -0.25) is 0 Å². The molecule has 0 saturated carbocycles. The molecule has 0 radical (unpaired) electrons. The van der Waals surface area contributed by atoms with Crippen molar-refractivity contribution in [3.63, 3.8) is 0 Å². The number of hydrogen-bond donors (Lipinski definition) is 0. The summed E-state index contributed by atoms with van der Waals surface area (Å²) >= 11 is 0. The van der Waals surface area contributed by atoms with Crippen LogP contribution in [-0.2, 0) is 6.54 Å². The molecule has 2 heteroatoms. The normalized spacial score (nSPS) is 9.00. The van der Waals surface area contributed by atoms with Crippen LogP contribution in [0.3, 0.4) is 0 Å². The first kappa shape index (κ1) is 10.9. The standard InChI is InChI=1S/C9H14N.HI/c1-4-10-6-5-8(2)7-9(10)3;/h5-7H,4H2,1-3H3;1H/q+1;/p-1. The molecular weight excluding hydrogens is 249 g/mol. The van der Waals surface area contributed by atoms with E-state index < -0.39 is 0 Å². The van der Waals surface area contributed by atoms with Crippen LogP contribution in [-0.4, -0.2) is 0 Å². The Bertz CT molecular complexity index is 233. The summed E-state index contributed by atoms with van der Waals surface area (Å²) in [6.45, 7) is 7.47. The molecule has 11 heavy (non-hydrogen) atoms. The van der Waals surface area contributed by atoms with Crippen LogP contribution in [0.2, 0.25) is 0 Å². The fourth-order valence-electron chi connectivity index (χ4n) is 1.14. The van der Waals surface area contributed by atoms with Crippen LogP contribution < -0.4 is 28.5 Å². The summed E-state index contributed by atoms with van der Waals surface area (Å²) in [7, 11) is 0. The van der Waals surface area contributed by atoms with Crippen molar-refractivity contribution in [3.05, 3.63) is 29.6 Å². The third kappa shape index (κ3) is 2.77. The number of aromatic nitrogens is 1. The Balaban J connectivity index is 0.000001000. The lowest BCUT2D eigenvalue weighted by molar-refractivity contribution is -0.699. The number of hydrogen-bond acceptors (Lipinski definition) is 0. The predicted octanol–water partition coefficient (Wildman–Crippen LogP) is -1.39. The van der Waals surface area contributed by atoms with Gasteiger partial charge in [0.05, 0.1) is 0 Å². The molecule has 0 bridgehead atoms. The Labute approximate surface area is 85.5 Å². The van der Waals surface area contributed by atoms with E-state index in [2.05, 4.69) is 43.7 Å². The van der Waals surface area contributed by atoms with E-state index in [-0.39, 0.29) is 24.0 Å². The molecule has 1 aromatic heterocycles. The third-order valence-electron chi connectivity index (χ3n) is 1.75. The zero-order chi connectivity index (χ0) is 7.56. The fraction of sp³-hybridized carbons (Fsp3) is 0.444. The van der Waals surface area contributed by atoms with Crippen molar-refractivity contribution in [2.75, 3.05) is 0 Å². The van der Waals surface area contributed by atoms with Crippen molar-refractivity contribution in [1.82, 2.24) is 0 Å². The summed E-state index contributed by atoms with van der Waals surface area (Å²) in [5.41, 5.74) is 2.67. The van der Waals surface area contributed by atoms with Crippen molar-refractivity contribution in [3.8, 4) is 0 Å². The minimum atomic E-state index is 0. The summed E-state index contributed by atoms with van der Waals surface area (Å²) < 4.78 is 2.23. The van der Waals surface area contributed by atoms with E-state index in [1.165, 1.54) is 11.3 Å². The summed E-state index contributed by atoms with van der Waals surface area (Å²) in [5, 5.41) is 0. The van der Waals surface area contributed by atoms with Gasteiger partial charge in [-0.1, -0.05) is 0 Å². The Hall–Kier alpha value is -0.120. The van der Waals surface area contributed by atoms with Gasteiger partial charge in [-0.2, -0.15) is 0 Å². The van der Waals surface area contributed by atoms with Crippen LogP contribution in [0, 0.1) is 13.8 Å². The Morgan fingerprint density at radius 3 is 2.45 bits per heavy atom. The van der Waals surface area contributed by atoms with Gasteiger partial charge in [-0.15, -0.1) is 0 Å². The van der Waals surface area contributed by atoms with Crippen LogP contribution in [0.25, 0.3) is 0 Å². The lowest BCUT2D eigenvalue weighted by Crippen LogP contribution is -3.00. The molecule has 0 fully saturated rings. The first-order valence-electron chi connectivity index (χ1n) is 3.70. The summed E-state index contributed by atoms with van der Waals surface area (Å²) in [6, 6.07) is 4.33. The molecule has 62 valence electrons. The van der Waals surface area contributed by atoms with Crippen LogP contribution in [0.15, 0.2) is 18.3 Å². The van der Waals surface area contributed by atoms with Crippen LogP contribution in [0.1, 0.15) is 18.2 Å². The van der Waals surface area contributed by atoms with E-state index in [1.807, 2.05) is 0 Å². The van der Waals surface area contributed by atoms with E-state index in [0.29, 0.717) is 0 Å². The molecule has 0 aliphatic rings.